The Morgan fingerprint density at radius 2 is 1.88 bits per heavy atom. The van der Waals surface area contributed by atoms with Crippen LogP contribution < -0.4 is 0 Å². The summed E-state index contributed by atoms with van der Waals surface area (Å²) < 4.78 is 4.51. The Morgan fingerprint density at radius 1 is 1.29 bits per heavy atom. The van der Waals surface area contributed by atoms with Gasteiger partial charge in [0.1, 0.15) is 0 Å². The lowest BCUT2D eigenvalue weighted by Crippen LogP contribution is -2.15. The SMILES string of the molecule is COC(=O)c1ccc(CC(=O)C[N+](=O)[O-])cc1. The van der Waals surface area contributed by atoms with E-state index in [0.29, 0.717) is 11.1 Å². The second kappa shape index (κ2) is 5.74. The van der Waals surface area contributed by atoms with E-state index in [-0.39, 0.29) is 6.42 Å². The molecule has 1 rings (SSSR count). The second-order valence-electron chi connectivity index (χ2n) is 3.39. The van der Waals surface area contributed by atoms with Crippen molar-refractivity contribution in [2.75, 3.05) is 13.7 Å². The Morgan fingerprint density at radius 3 is 2.35 bits per heavy atom. The summed E-state index contributed by atoms with van der Waals surface area (Å²) in [5.74, 6) is -0.936. The van der Waals surface area contributed by atoms with Gasteiger partial charge in [0.15, 0.2) is 0 Å². The lowest BCUT2D eigenvalue weighted by molar-refractivity contribution is -0.467. The lowest BCUT2D eigenvalue weighted by Gasteiger charge is -2.01. The van der Waals surface area contributed by atoms with Crippen LogP contribution in [-0.2, 0) is 16.0 Å². The molecule has 0 atom stereocenters. The largest absolute Gasteiger partial charge is 0.465 e. The van der Waals surface area contributed by atoms with Gasteiger partial charge in [-0.3, -0.25) is 14.9 Å². The van der Waals surface area contributed by atoms with E-state index >= 15 is 0 Å². The number of rotatable bonds is 5. The van der Waals surface area contributed by atoms with Gasteiger partial charge in [0.2, 0.25) is 5.78 Å². The topological polar surface area (TPSA) is 86.5 Å². The Kier molecular flexibility index (Phi) is 4.33. The summed E-state index contributed by atoms with van der Waals surface area (Å²) in [6.07, 6.45) is -0.0115. The van der Waals surface area contributed by atoms with Crippen LogP contribution in [0.3, 0.4) is 0 Å². The number of carbonyl (C=O) groups is 2. The highest BCUT2D eigenvalue weighted by molar-refractivity contribution is 5.89. The van der Waals surface area contributed by atoms with Gasteiger partial charge in [-0.05, 0) is 17.7 Å². The van der Waals surface area contributed by atoms with Gasteiger partial charge in [-0.15, -0.1) is 0 Å². The molecule has 0 unspecified atom stereocenters. The molecule has 0 saturated heterocycles. The normalized spacial score (nSPS) is 9.71. The van der Waals surface area contributed by atoms with Crippen molar-refractivity contribution in [1.82, 2.24) is 0 Å². The van der Waals surface area contributed by atoms with Crippen molar-refractivity contribution in [2.24, 2.45) is 0 Å². The van der Waals surface area contributed by atoms with Crippen LogP contribution in [0.25, 0.3) is 0 Å². The fraction of sp³-hybridized carbons (Fsp3) is 0.273. The first-order valence-corrected chi connectivity index (χ1v) is 4.83. The zero-order valence-corrected chi connectivity index (χ0v) is 9.21. The number of benzene rings is 1. The first kappa shape index (κ1) is 12.8. The average molecular weight is 237 g/mol. The van der Waals surface area contributed by atoms with Crippen LogP contribution in [0.2, 0.25) is 0 Å². The third kappa shape index (κ3) is 4.02. The van der Waals surface area contributed by atoms with Crippen LogP contribution in [0.5, 0.6) is 0 Å². The summed E-state index contributed by atoms with van der Waals surface area (Å²) in [5.41, 5.74) is 1.00. The van der Waals surface area contributed by atoms with Gasteiger partial charge in [0.25, 0.3) is 6.54 Å². The average Bonchev–Trinajstić information content (AvgIpc) is 2.28. The van der Waals surface area contributed by atoms with Crippen molar-refractivity contribution in [3.63, 3.8) is 0 Å². The maximum atomic E-state index is 11.2. The molecular formula is C11H11NO5. The minimum Gasteiger partial charge on any atom is -0.465 e. The number of hydrogen-bond donors (Lipinski definition) is 0. The predicted octanol–water partition coefficient (Wildman–Crippen LogP) is 0.861. The van der Waals surface area contributed by atoms with Gasteiger partial charge < -0.3 is 4.74 Å². The van der Waals surface area contributed by atoms with E-state index in [1.165, 1.54) is 19.2 Å². The van der Waals surface area contributed by atoms with Crippen LogP contribution in [0.1, 0.15) is 15.9 Å². The van der Waals surface area contributed by atoms with Crippen molar-refractivity contribution in [2.45, 2.75) is 6.42 Å². The van der Waals surface area contributed by atoms with E-state index in [1.807, 2.05) is 0 Å². The van der Waals surface area contributed by atoms with Crippen molar-refractivity contribution < 1.29 is 19.2 Å². The molecule has 0 saturated carbocycles. The van der Waals surface area contributed by atoms with E-state index < -0.39 is 23.2 Å². The highest BCUT2D eigenvalue weighted by atomic mass is 16.6. The Hall–Kier alpha value is -2.24. The maximum absolute atomic E-state index is 11.2. The van der Waals surface area contributed by atoms with Gasteiger partial charge >= 0.3 is 5.97 Å². The van der Waals surface area contributed by atoms with Crippen LogP contribution >= 0.6 is 0 Å². The molecule has 6 nitrogen and oxygen atoms in total. The molecular weight excluding hydrogens is 226 g/mol. The second-order valence-corrected chi connectivity index (χ2v) is 3.39. The number of hydrogen-bond acceptors (Lipinski definition) is 5. The number of carbonyl (C=O) groups excluding carboxylic acids is 2. The Bertz CT molecular complexity index is 438. The molecule has 0 aromatic heterocycles. The molecule has 17 heavy (non-hydrogen) atoms. The first-order chi connectivity index (χ1) is 8.02. The molecule has 90 valence electrons. The molecule has 0 aliphatic carbocycles. The minimum absolute atomic E-state index is 0.0115. The van der Waals surface area contributed by atoms with Crippen LogP contribution in [0.4, 0.5) is 0 Å². The number of nitro groups is 1. The summed E-state index contributed by atoms with van der Waals surface area (Å²) in [5, 5.41) is 10.1. The molecule has 0 spiro atoms. The van der Waals surface area contributed by atoms with Gasteiger partial charge in [0, 0.05) is 11.3 Å². The number of ketones is 1. The third-order valence-corrected chi connectivity index (χ3v) is 2.08. The van der Waals surface area contributed by atoms with E-state index in [2.05, 4.69) is 4.74 Å². The molecule has 1 aromatic carbocycles. The number of nitrogens with zero attached hydrogens (tertiary/aromatic N) is 1. The molecule has 0 amide bonds. The molecule has 0 aliphatic rings. The zero-order valence-electron chi connectivity index (χ0n) is 9.21. The van der Waals surface area contributed by atoms with E-state index in [9.17, 15) is 19.7 Å². The monoisotopic (exact) mass is 237 g/mol. The van der Waals surface area contributed by atoms with Crippen molar-refractivity contribution >= 4 is 11.8 Å². The molecule has 0 bridgehead atoms. The molecule has 6 heteroatoms. The van der Waals surface area contributed by atoms with E-state index in [4.69, 9.17) is 0 Å². The Labute approximate surface area is 97.3 Å². The van der Waals surface area contributed by atoms with Crippen LogP contribution in [0.15, 0.2) is 24.3 Å². The Balaban J connectivity index is 2.65. The molecule has 0 N–H and O–H groups in total. The highest BCUT2D eigenvalue weighted by Gasteiger charge is 2.11. The fourth-order valence-corrected chi connectivity index (χ4v) is 1.30. The molecule has 0 heterocycles. The standard InChI is InChI=1S/C11H11NO5/c1-17-11(14)9-4-2-8(3-5-9)6-10(13)7-12(15)16/h2-5H,6-7H2,1H3. The summed E-state index contributed by atoms with van der Waals surface area (Å²) in [6, 6.07) is 6.18. The van der Waals surface area contributed by atoms with Gasteiger partial charge in [0.05, 0.1) is 12.7 Å². The smallest absolute Gasteiger partial charge is 0.337 e. The molecule has 0 aliphatic heterocycles. The van der Waals surface area contributed by atoms with Crippen LogP contribution in [-0.4, -0.2) is 30.3 Å². The van der Waals surface area contributed by atoms with Gasteiger partial charge in [-0.2, -0.15) is 0 Å². The quantitative estimate of drug-likeness (QED) is 0.430. The molecule has 0 fully saturated rings. The third-order valence-electron chi connectivity index (χ3n) is 2.08. The van der Waals surface area contributed by atoms with Gasteiger partial charge in [-0.1, -0.05) is 12.1 Å². The van der Waals surface area contributed by atoms with Crippen molar-refractivity contribution in [3.05, 3.63) is 45.5 Å². The number of esters is 1. The minimum atomic E-state index is -0.682. The number of ether oxygens (including phenoxy) is 1. The predicted molar refractivity (Wildman–Crippen MR) is 58.4 cm³/mol. The van der Waals surface area contributed by atoms with E-state index in [1.54, 1.807) is 12.1 Å². The summed E-state index contributed by atoms with van der Waals surface area (Å²) >= 11 is 0. The number of methoxy groups -OCH3 is 1. The number of Topliss-reactive ketones (excluding diaryl/α,β-unsaturated/α-hetero) is 1. The summed E-state index contributed by atoms with van der Waals surface area (Å²) in [4.78, 5) is 31.7. The molecule has 0 radical (unpaired) electrons. The van der Waals surface area contributed by atoms with Crippen LogP contribution in [0, 0.1) is 10.1 Å². The van der Waals surface area contributed by atoms with Gasteiger partial charge in [-0.25, -0.2) is 4.79 Å². The van der Waals surface area contributed by atoms with E-state index in [0.717, 1.165) is 0 Å². The maximum Gasteiger partial charge on any atom is 0.337 e. The lowest BCUT2D eigenvalue weighted by atomic mass is 10.1. The van der Waals surface area contributed by atoms with Crippen molar-refractivity contribution in [3.8, 4) is 0 Å². The fourth-order valence-electron chi connectivity index (χ4n) is 1.30. The van der Waals surface area contributed by atoms with Crippen molar-refractivity contribution in [1.29, 1.82) is 0 Å². The molecule has 1 aromatic rings. The first-order valence-electron chi connectivity index (χ1n) is 4.83. The highest BCUT2D eigenvalue weighted by Crippen LogP contribution is 2.06. The summed E-state index contributed by atoms with van der Waals surface area (Å²) in [7, 11) is 1.27. The zero-order chi connectivity index (χ0) is 12.8. The summed E-state index contributed by atoms with van der Waals surface area (Å²) in [6.45, 7) is -0.682.